The summed E-state index contributed by atoms with van der Waals surface area (Å²) in [5.74, 6) is 0.740. The van der Waals surface area contributed by atoms with Crippen molar-refractivity contribution in [3.05, 3.63) is 51.2 Å². The number of hydrogen-bond acceptors (Lipinski definition) is 4. The van der Waals surface area contributed by atoms with Crippen LogP contribution < -0.4 is 0 Å². The Kier molecular flexibility index (Phi) is 5.03. The van der Waals surface area contributed by atoms with E-state index < -0.39 is 0 Å². The summed E-state index contributed by atoms with van der Waals surface area (Å²) in [6, 6.07) is 6.77. The number of nitrogens with zero attached hydrogens (tertiary/aromatic N) is 3. The lowest BCUT2D eigenvalue weighted by Crippen LogP contribution is -2.35. The Morgan fingerprint density at radius 2 is 2.11 bits per heavy atom. The molecule has 0 saturated carbocycles. The number of aryl methyl sites for hydroxylation is 2. The number of likely N-dealkylation sites (tertiary alicyclic amines) is 2. The van der Waals surface area contributed by atoms with Gasteiger partial charge in [-0.2, -0.15) is 0 Å². The number of aromatic nitrogens is 1. The van der Waals surface area contributed by atoms with E-state index in [0.717, 1.165) is 42.4 Å². The molecule has 2 aliphatic rings. The van der Waals surface area contributed by atoms with Gasteiger partial charge in [-0.05, 0) is 37.5 Å². The van der Waals surface area contributed by atoms with Crippen molar-refractivity contribution in [3.63, 3.8) is 0 Å². The Morgan fingerprint density at radius 3 is 2.78 bits per heavy atom. The third kappa shape index (κ3) is 3.52. The SMILES string of the molecule is CCC(=O)N1C[C@@H]2CN(Cc3sc(C)nc3C)C[C@@H]2[C@H]1c1cccc(F)c1. The second kappa shape index (κ2) is 7.32. The van der Waals surface area contributed by atoms with E-state index in [9.17, 15) is 9.18 Å². The molecule has 1 amide bonds. The monoisotopic (exact) mass is 387 g/mol. The number of carbonyl (C=O) groups excluding carboxylic acids is 1. The van der Waals surface area contributed by atoms with E-state index in [1.165, 1.54) is 10.9 Å². The summed E-state index contributed by atoms with van der Waals surface area (Å²) in [5, 5.41) is 1.11. The van der Waals surface area contributed by atoms with Crippen LogP contribution in [-0.4, -0.2) is 40.3 Å². The molecule has 2 saturated heterocycles. The zero-order valence-electron chi connectivity index (χ0n) is 16.1. The minimum absolute atomic E-state index is 0.0209. The Labute approximate surface area is 164 Å². The van der Waals surface area contributed by atoms with E-state index in [1.54, 1.807) is 23.5 Å². The highest BCUT2D eigenvalue weighted by Crippen LogP contribution is 2.45. The highest BCUT2D eigenvalue weighted by molar-refractivity contribution is 7.11. The Bertz CT molecular complexity index is 852. The Hall–Kier alpha value is -1.79. The molecule has 2 aliphatic heterocycles. The molecule has 0 N–H and O–H groups in total. The molecule has 144 valence electrons. The zero-order chi connectivity index (χ0) is 19.1. The summed E-state index contributed by atoms with van der Waals surface area (Å²) in [7, 11) is 0. The van der Waals surface area contributed by atoms with Crippen LogP contribution in [0.25, 0.3) is 0 Å². The molecule has 2 aromatic rings. The highest BCUT2D eigenvalue weighted by atomic mass is 32.1. The molecule has 4 rings (SSSR count). The lowest BCUT2D eigenvalue weighted by atomic mass is 9.89. The number of hydrogen-bond donors (Lipinski definition) is 0. The van der Waals surface area contributed by atoms with Gasteiger partial charge in [0.1, 0.15) is 5.82 Å². The summed E-state index contributed by atoms with van der Waals surface area (Å²) in [4.78, 5) is 22.9. The number of rotatable bonds is 4. The second-order valence-electron chi connectivity index (χ2n) is 7.76. The van der Waals surface area contributed by atoms with Gasteiger partial charge < -0.3 is 4.90 Å². The minimum atomic E-state index is -0.231. The van der Waals surface area contributed by atoms with Gasteiger partial charge in [0.05, 0.1) is 16.7 Å². The van der Waals surface area contributed by atoms with E-state index in [0.29, 0.717) is 18.3 Å². The van der Waals surface area contributed by atoms with Crippen LogP contribution in [0.2, 0.25) is 0 Å². The van der Waals surface area contributed by atoms with Gasteiger partial charge in [0, 0.05) is 43.4 Å². The molecule has 2 fully saturated rings. The van der Waals surface area contributed by atoms with Crippen molar-refractivity contribution in [1.82, 2.24) is 14.8 Å². The van der Waals surface area contributed by atoms with E-state index in [1.807, 2.05) is 24.8 Å². The highest BCUT2D eigenvalue weighted by Gasteiger charge is 2.48. The Morgan fingerprint density at radius 1 is 1.30 bits per heavy atom. The van der Waals surface area contributed by atoms with Crippen LogP contribution in [0.1, 0.15) is 40.5 Å². The third-order valence-electron chi connectivity index (χ3n) is 5.92. The van der Waals surface area contributed by atoms with Crippen LogP contribution >= 0.6 is 11.3 Å². The molecule has 27 heavy (non-hydrogen) atoms. The average molecular weight is 388 g/mol. The fraction of sp³-hybridized carbons (Fsp3) is 0.524. The maximum Gasteiger partial charge on any atom is 0.222 e. The number of carbonyl (C=O) groups is 1. The van der Waals surface area contributed by atoms with Gasteiger partial charge in [0.2, 0.25) is 5.91 Å². The van der Waals surface area contributed by atoms with E-state index in [-0.39, 0.29) is 17.8 Å². The van der Waals surface area contributed by atoms with Gasteiger partial charge in [0.15, 0.2) is 0 Å². The summed E-state index contributed by atoms with van der Waals surface area (Å²) in [6.07, 6.45) is 0.494. The van der Waals surface area contributed by atoms with Crippen LogP contribution in [-0.2, 0) is 11.3 Å². The van der Waals surface area contributed by atoms with Crippen LogP contribution in [0.5, 0.6) is 0 Å². The number of amides is 1. The topological polar surface area (TPSA) is 36.4 Å². The first-order valence-corrected chi connectivity index (χ1v) is 10.5. The molecule has 0 radical (unpaired) electrons. The minimum Gasteiger partial charge on any atom is -0.335 e. The van der Waals surface area contributed by atoms with Gasteiger partial charge in [-0.1, -0.05) is 19.1 Å². The molecule has 1 aromatic carbocycles. The third-order valence-corrected chi connectivity index (χ3v) is 6.98. The largest absolute Gasteiger partial charge is 0.335 e. The molecule has 3 atom stereocenters. The number of fused-ring (bicyclic) bond motifs is 1. The molecule has 6 heteroatoms. The van der Waals surface area contributed by atoms with Crippen molar-refractivity contribution < 1.29 is 9.18 Å². The van der Waals surface area contributed by atoms with Crippen molar-refractivity contribution in [2.75, 3.05) is 19.6 Å². The lowest BCUT2D eigenvalue weighted by molar-refractivity contribution is -0.132. The fourth-order valence-electron chi connectivity index (χ4n) is 4.77. The molecular weight excluding hydrogens is 361 g/mol. The van der Waals surface area contributed by atoms with Crippen molar-refractivity contribution in [1.29, 1.82) is 0 Å². The summed E-state index contributed by atoms with van der Waals surface area (Å²) < 4.78 is 13.9. The van der Waals surface area contributed by atoms with Crippen LogP contribution in [0.3, 0.4) is 0 Å². The molecule has 3 heterocycles. The van der Waals surface area contributed by atoms with E-state index in [2.05, 4.69) is 16.8 Å². The van der Waals surface area contributed by atoms with Crippen molar-refractivity contribution in [3.8, 4) is 0 Å². The van der Waals surface area contributed by atoms with Gasteiger partial charge >= 0.3 is 0 Å². The smallest absolute Gasteiger partial charge is 0.222 e. The summed E-state index contributed by atoms with van der Waals surface area (Å²) in [5.41, 5.74) is 2.05. The van der Waals surface area contributed by atoms with Gasteiger partial charge in [-0.3, -0.25) is 9.69 Å². The number of thiazole rings is 1. The second-order valence-corrected chi connectivity index (χ2v) is 9.05. The molecule has 0 spiro atoms. The van der Waals surface area contributed by atoms with Crippen LogP contribution in [0, 0.1) is 31.5 Å². The summed E-state index contributed by atoms with van der Waals surface area (Å²) >= 11 is 1.77. The molecule has 0 bridgehead atoms. The van der Waals surface area contributed by atoms with Gasteiger partial charge in [-0.15, -0.1) is 11.3 Å². The fourth-order valence-corrected chi connectivity index (χ4v) is 5.75. The van der Waals surface area contributed by atoms with Crippen molar-refractivity contribution in [2.24, 2.45) is 11.8 Å². The Balaban J connectivity index is 1.57. The normalized spacial score (nSPS) is 25.2. The summed E-state index contributed by atoms with van der Waals surface area (Å²) in [6.45, 7) is 9.65. The van der Waals surface area contributed by atoms with Crippen molar-refractivity contribution >= 4 is 17.2 Å². The van der Waals surface area contributed by atoms with E-state index >= 15 is 0 Å². The number of halogens is 1. The van der Waals surface area contributed by atoms with Gasteiger partial charge in [-0.25, -0.2) is 9.37 Å². The van der Waals surface area contributed by atoms with Crippen LogP contribution in [0.4, 0.5) is 4.39 Å². The first kappa shape index (κ1) is 18.6. The molecule has 4 nitrogen and oxygen atoms in total. The predicted molar refractivity (Wildman–Crippen MR) is 105 cm³/mol. The first-order valence-electron chi connectivity index (χ1n) is 9.66. The number of benzene rings is 1. The molecule has 0 aliphatic carbocycles. The molecular formula is C21H26FN3OS. The van der Waals surface area contributed by atoms with Gasteiger partial charge in [0.25, 0.3) is 0 Å². The first-order chi connectivity index (χ1) is 13.0. The van der Waals surface area contributed by atoms with Crippen molar-refractivity contribution in [2.45, 2.75) is 39.8 Å². The lowest BCUT2D eigenvalue weighted by Gasteiger charge is -2.30. The maximum absolute atomic E-state index is 13.9. The van der Waals surface area contributed by atoms with Crippen LogP contribution in [0.15, 0.2) is 24.3 Å². The molecule has 0 unspecified atom stereocenters. The molecule has 1 aromatic heterocycles. The quantitative estimate of drug-likeness (QED) is 0.797. The van der Waals surface area contributed by atoms with E-state index in [4.69, 9.17) is 0 Å². The predicted octanol–water partition coefficient (Wildman–Crippen LogP) is 3.94. The maximum atomic E-state index is 13.9. The average Bonchev–Trinajstić information content (AvgIpc) is 3.26. The standard InChI is InChI=1S/C21H26FN3OS/c1-4-20(26)25-10-16-9-24(12-19-13(2)23-14(3)27-19)11-18(16)21(25)15-6-5-7-17(22)8-15/h5-8,16,18,21H,4,9-12H2,1-3H3/t16-,18-,21+/m0/s1. The zero-order valence-corrected chi connectivity index (χ0v) is 16.9.